The lowest BCUT2D eigenvalue weighted by Gasteiger charge is -2.29. The summed E-state index contributed by atoms with van der Waals surface area (Å²) < 4.78 is 0. The van der Waals surface area contributed by atoms with E-state index < -0.39 is 0 Å². The third-order valence-electron chi connectivity index (χ3n) is 5.08. The first-order chi connectivity index (χ1) is 14.7. The van der Waals surface area contributed by atoms with Crippen molar-refractivity contribution in [2.75, 3.05) is 36.4 Å². The van der Waals surface area contributed by atoms with Crippen molar-refractivity contribution in [3.05, 3.63) is 58.8 Å². The first-order valence-electron chi connectivity index (χ1n) is 9.67. The first-order valence-corrected chi connectivity index (χ1v) is 10.4. The molecular weight excluding hydrogens is 421 g/mol. The largest absolute Gasteiger partial charge is 0.368 e. The maximum absolute atomic E-state index is 6.35. The third kappa shape index (κ3) is 3.67. The summed E-state index contributed by atoms with van der Waals surface area (Å²) in [7, 11) is 0. The fraction of sp³-hybridized carbons (Fsp3) is 0.190. The smallest absolute Gasteiger partial charge is 0.159 e. The second kappa shape index (κ2) is 8.10. The van der Waals surface area contributed by atoms with Gasteiger partial charge in [0.15, 0.2) is 5.82 Å². The minimum atomic E-state index is 0.536. The van der Waals surface area contributed by atoms with Crippen LogP contribution in [0.2, 0.25) is 10.0 Å². The molecular formula is C21H19Cl2N7. The molecule has 0 saturated carbocycles. The number of benzene rings is 1. The van der Waals surface area contributed by atoms with E-state index in [9.17, 15) is 0 Å². The Labute approximate surface area is 183 Å². The lowest BCUT2D eigenvalue weighted by Crippen LogP contribution is -2.43. The van der Waals surface area contributed by atoms with Gasteiger partial charge in [-0.25, -0.2) is 15.0 Å². The van der Waals surface area contributed by atoms with Crippen LogP contribution < -0.4 is 15.5 Å². The van der Waals surface area contributed by atoms with Gasteiger partial charge in [0.2, 0.25) is 0 Å². The van der Waals surface area contributed by atoms with Crippen LogP contribution >= 0.6 is 23.2 Å². The van der Waals surface area contributed by atoms with Crippen LogP contribution in [0.3, 0.4) is 0 Å². The Hall–Kier alpha value is -2.87. The number of fused-ring (bicyclic) bond motifs is 1. The van der Waals surface area contributed by atoms with Crippen LogP contribution in [0.25, 0.3) is 22.4 Å². The van der Waals surface area contributed by atoms with Gasteiger partial charge in [0.25, 0.3) is 0 Å². The molecule has 0 atom stereocenters. The average molecular weight is 440 g/mol. The van der Waals surface area contributed by atoms with Crippen LogP contribution in [0.4, 0.5) is 17.3 Å². The highest BCUT2D eigenvalue weighted by Gasteiger charge is 2.16. The van der Waals surface area contributed by atoms with Crippen LogP contribution in [-0.4, -0.2) is 46.1 Å². The van der Waals surface area contributed by atoms with Crippen molar-refractivity contribution in [2.24, 2.45) is 0 Å². The van der Waals surface area contributed by atoms with Gasteiger partial charge >= 0.3 is 0 Å². The van der Waals surface area contributed by atoms with Crippen molar-refractivity contribution in [3.8, 4) is 11.4 Å². The van der Waals surface area contributed by atoms with E-state index in [0.29, 0.717) is 38.6 Å². The lowest BCUT2D eigenvalue weighted by molar-refractivity contribution is 0.589. The van der Waals surface area contributed by atoms with Gasteiger partial charge in [-0.3, -0.25) is 0 Å². The number of hydrogen-bond donors (Lipinski definition) is 3. The van der Waals surface area contributed by atoms with Crippen molar-refractivity contribution in [3.63, 3.8) is 0 Å². The molecule has 0 unspecified atom stereocenters. The summed E-state index contributed by atoms with van der Waals surface area (Å²) in [6.45, 7) is 3.94. The number of pyridine rings is 2. The number of hydrogen-bond acceptors (Lipinski definition) is 6. The summed E-state index contributed by atoms with van der Waals surface area (Å²) >= 11 is 12.7. The number of halogens is 2. The van der Waals surface area contributed by atoms with Crippen LogP contribution in [-0.2, 0) is 0 Å². The zero-order valence-electron chi connectivity index (χ0n) is 16.0. The summed E-state index contributed by atoms with van der Waals surface area (Å²) in [6, 6.07) is 11.3. The zero-order chi connectivity index (χ0) is 20.5. The number of piperazine rings is 1. The van der Waals surface area contributed by atoms with Gasteiger partial charge < -0.3 is 20.5 Å². The third-order valence-corrected chi connectivity index (χ3v) is 5.71. The monoisotopic (exact) mass is 439 g/mol. The van der Waals surface area contributed by atoms with Gasteiger partial charge in [-0.1, -0.05) is 29.3 Å². The molecule has 1 saturated heterocycles. The molecule has 4 aromatic rings. The van der Waals surface area contributed by atoms with Crippen molar-refractivity contribution in [1.82, 2.24) is 25.3 Å². The normalized spacial score (nSPS) is 14.3. The Kier molecular flexibility index (Phi) is 5.16. The molecule has 3 aromatic heterocycles. The van der Waals surface area contributed by atoms with Crippen LogP contribution in [0, 0.1) is 0 Å². The summed E-state index contributed by atoms with van der Waals surface area (Å²) in [4.78, 5) is 19.3. The Bertz CT molecular complexity index is 1160. The van der Waals surface area contributed by atoms with Crippen molar-refractivity contribution in [2.45, 2.75) is 0 Å². The Morgan fingerprint density at radius 2 is 1.77 bits per heavy atom. The van der Waals surface area contributed by atoms with Crippen LogP contribution in [0.1, 0.15) is 0 Å². The molecule has 152 valence electrons. The average Bonchev–Trinajstić information content (AvgIpc) is 3.20. The molecule has 0 aliphatic carbocycles. The highest BCUT2D eigenvalue weighted by Crippen LogP contribution is 2.35. The molecule has 1 aliphatic rings. The number of aromatic amines is 1. The van der Waals surface area contributed by atoms with E-state index in [0.717, 1.165) is 37.4 Å². The minimum Gasteiger partial charge on any atom is -0.368 e. The molecule has 1 fully saturated rings. The molecule has 0 spiro atoms. The molecule has 30 heavy (non-hydrogen) atoms. The second-order valence-electron chi connectivity index (χ2n) is 7.00. The second-order valence-corrected chi connectivity index (χ2v) is 7.82. The number of anilines is 3. The van der Waals surface area contributed by atoms with E-state index in [1.54, 1.807) is 24.4 Å². The number of nitrogens with zero attached hydrogens (tertiary/aromatic N) is 4. The zero-order valence-corrected chi connectivity index (χ0v) is 17.5. The Balaban J connectivity index is 1.44. The molecule has 5 rings (SSSR count). The highest BCUT2D eigenvalue weighted by atomic mass is 35.5. The summed E-state index contributed by atoms with van der Waals surface area (Å²) in [5.74, 6) is 1.91. The lowest BCUT2D eigenvalue weighted by atomic mass is 10.2. The van der Waals surface area contributed by atoms with Gasteiger partial charge in [-0.15, -0.1) is 0 Å². The van der Waals surface area contributed by atoms with Gasteiger partial charge in [-0.05, 0) is 30.3 Å². The van der Waals surface area contributed by atoms with Gasteiger partial charge in [-0.2, -0.15) is 0 Å². The molecule has 1 aromatic carbocycles. The molecule has 3 N–H and O–H groups in total. The van der Waals surface area contributed by atoms with E-state index in [2.05, 4.69) is 36.6 Å². The Morgan fingerprint density at radius 1 is 0.967 bits per heavy atom. The summed E-state index contributed by atoms with van der Waals surface area (Å²) in [5.41, 5.74) is 3.30. The van der Waals surface area contributed by atoms with Gasteiger partial charge in [0.1, 0.15) is 17.2 Å². The molecule has 9 heteroatoms. The van der Waals surface area contributed by atoms with Crippen LogP contribution in [0.15, 0.2) is 48.8 Å². The van der Waals surface area contributed by atoms with E-state index in [1.165, 1.54) is 0 Å². The van der Waals surface area contributed by atoms with E-state index in [1.807, 2.05) is 18.3 Å². The predicted octanol–water partition coefficient (Wildman–Crippen LogP) is 4.48. The van der Waals surface area contributed by atoms with E-state index >= 15 is 0 Å². The van der Waals surface area contributed by atoms with E-state index in [4.69, 9.17) is 28.2 Å². The summed E-state index contributed by atoms with van der Waals surface area (Å²) in [6.07, 6.45) is 3.60. The van der Waals surface area contributed by atoms with Crippen LogP contribution in [0.5, 0.6) is 0 Å². The van der Waals surface area contributed by atoms with Crippen molar-refractivity contribution < 1.29 is 0 Å². The summed E-state index contributed by atoms with van der Waals surface area (Å²) in [5, 5.41) is 7.70. The number of aromatic nitrogens is 4. The highest BCUT2D eigenvalue weighted by molar-refractivity contribution is 6.39. The molecule has 0 radical (unpaired) electrons. The number of imidazole rings is 1. The molecule has 1 aliphatic heterocycles. The standard InChI is InChI=1S/C21H19Cl2N7/c22-14-2-1-3-15(23)18(14)20-27-16-6-7-25-21(19(16)29-20)28-17-5-4-13(12-26-17)30-10-8-24-9-11-30/h1-7,12,24H,8-11H2,(H,27,29)(H,25,26,28). The fourth-order valence-corrected chi connectivity index (χ4v) is 4.14. The predicted molar refractivity (Wildman–Crippen MR) is 122 cm³/mol. The fourth-order valence-electron chi connectivity index (χ4n) is 3.56. The SMILES string of the molecule is Clc1cccc(Cl)c1-c1nc2c(Nc3ccc(N4CCNCC4)cn3)nccc2[nH]1. The quantitative estimate of drug-likeness (QED) is 0.434. The van der Waals surface area contributed by atoms with Gasteiger partial charge in [0, 0.05) is 32.4 Å². The van der Waals surface area contributed by atoms with E-state index in [-0.39, 0.29) is 0 Å². The molecule has 0 bridgehead atoms. The maximum Gasteiger partial charge on any atom is 0.159 e. The van der Waals surface area contributed by atoms with Gasteiger partial charge in [0.05, 0.1) is 33.0 Å². The van der Waals surface area contributed by atoms with Crippen molar-refractivity contribution in [1.29, 1.82) is 0 Å². The molecule has 7 nitrogen and oxygen atoms in total. The first kappa shape index (κ1) is 19.1. The minimum absolute atomic E-state index is 0.536. The molecule has 4 heterocycles. The Morgan fingerprint density at radius 3 is 2.50 bits per heavy atom. The van der Waals surface area contributed by atoms with Crippen molar-refractivity contribution >= 4 is 51.6 Å². The number of H-pyrrole nitrogens is 1. The molecule has 0 amide bonds. The maximum atomic E-state index is 6.35. The number of rotatable bonds is 4. The topological polar surface area (TPSA) is 81.8 Å². The number of nitrogens with one attached hydrogen (secondary N) is 3.